The highest BCUT2D eigenvalue weighted by molar-refractivity contribution is 6.02. The molecule has 0 aliphatic rings. The van der Waals surface area contributed by atoms with E-state index in [1.807, 2.05) is 75.3 Å². The van der Waals surface area contributed by atoms with Crippen LogP contribution in [0, 0.1) is 13.8 Å². The predicted molar refractivity (Wildman–Crippen MR) is 116 cm³/mol. The van der Waals surface area contributed by atoms with E-state index < -0.39 is 12.1 Å². The predicted octanol–water partition coefficient (Wildman–Crippen LogP) is 5.15. The molecule has 1 atom stereocenters. The number of benzene rings is 3. The Kier molecular flexibility index (Phi) is 6.13. The van der Waals surface area contributed by atoms with Crippen molar-refractivity contribution in [2.45, 2.75) is 20.0 Å². The maximum Gasteiger partial charge on any atom is 0.339 e. The number of ketones is 1. The van der Waals surface area contributed by atoms with Gasteiger partial charge in [0, 0.05) is 30.9 Å². The zero-order valence-electron chi connectivity index (χ0n) is 17.2. The summed E-state index contributed by atoms with van der Waals surface area (Å²) in [4.78, 5) is 28.0. The minimum Gasteiger partial charge on any atom is -0.445 e. The summed E-state index contributed by atoms with van der Waals surface area (Å²) in [6.07, 6.45) is -1.00. The van der Waals surface area contributed by atoms with Crippen LogP contribution < -0.4 is 4.90 Å². The number of Topliss-reactive ketones (excluding diaryl/α,β-unsaturated/α-hetero) is 1. The van der Waals surface area contributed by atoms with Crippen LogP contribution in [0.2, 0.25) is 0 Å². The second-order valence-corrected chi connectivity index (χ2v) is 7.30. The number of carbonyl (C=O) groups excluding carboxylic acids is 2. The first-order valence-corrected chi connectivity index (χ1v) is 9.51. The molecule has 0 bridgehead atoms. The van der Waals surface area contributed by atoms with Crippen LogP contribution in [0.4, 0.5) is 5.69 Å². The number of ether oxygens (including phenoxy) is 1. The first-order valence-electron chi connectivity index (χ1n) is 9.51. The highest BCUT2D eigenvalue weighted by Gasteiger charge is 2.27. The number of rotatable bonds is 6. The third-order valence-corrected chi connectivity index (χ3v) is 4.98. The van der Waals surface area contributed by atoms with Crippen molar-refractivity contribution in [3.8, 4) is 0 Å². The second-order valence-electron chi connectivity index (χ2n) is 7.30. The average Bonchev–Trinajstić information content (AvgIpc) is 2.74. The van der Waals surface area contributed by atoms with Crippen molar-refractivity contribution in [2.75, 3.05) is 19.0 Å². The number of esters is 1. The second kappa shape index (κ2) is 8.74. The third-order valence-electron chi connectivity index (χ3n) is 4.98. The molecule has 3 aromatic carbocycles. The van der Waals surface area contributed by atoms with E-state index >= 15 is 0 Å². The van der Waals surface area contributed by atoms with Crippen LogP contribution >= 0.6 is 0 Å². The number of hydrogen-bond donors (Lipinski definition) is 0. The fourth-order valence-electron chi connectivity index (χ4n) is 3.02. The summed E-state index contributed by atoms with van der Waals surface area (Å²) in [5.41, 5.74) is 4.69. The van der Waals surface area contributed by atoms with E-state index in [0.29, 0.717) is 16.7 Å². The number of hydrogen-bond acceptors (Lipinski definition) is 4. The summed E-state index contributed by atoms with van der Waals surface area (Å²) in [5, 5.41) is 0. The highest BCUT2D eigenvalue weighted by Crippen LogP contribution is 2.25. The standard InChI is InChI=1S/C25H25NO3/c1-17-10-11-21(16-18(17)2)23(27)24(19-8-6-5-7-9-19)29-25(28)20-12-14-22(15-13-20)26(3)4/h5-16,24H,1-4H3/t24-/m0/s1. The van der Waals surface area contributed by atoms with Gasteiger partial charge in [-0.05, 0) is 55.3 Å². The van der Waals surface area contributed by atoms with E-state index in [1.54, 1.807) is 30.3 Å². The normalized spacial score (nSPS) is 11.6. The van der Waals surface area contributed by atoms with Crippen LogP contribution in [0.25, 0.3) is 0 Å². The quantitative estimate of drug-likeness (QED) is 0.433. The SMILES string of the molecule is Cc1ccc(C(=O)[C@@H](OC(=O)c2ccc(N(C)C)cc2)c2ccccc2)cc1C. The van der Waals surface area contributed by atoms with Gasteiger partial charge < -0.3 is 9.64 Å². The molecular weight excluding hydrogens is 362 g/mol. The van der Waals surface area contributed by atoms with Gasteiger partial charge in [0.2, 0.25) is 5.78 Å². The lowest BCUT2D eigenvalue weighted by Gasteiger charge is -2.18. The molecule has 0 N–H and O–H groups in total. The Bertz CT molecular complexity index is 1010. The zero-order valence-corrected chi connectivity index (χ0v) is 17.2. The molecule has 0 saturated heterocycles. The topological polar surface area (TPSA) is 46.6 Å². The zero-order chi connectivity index (χ0) is 21.0. The summed E-state index contributed by atoms with van der Waals surface area (Å²) in [7, 11) is 3.86. The molecule has 0 heterocycles. The summed E-state index contributed by atoms with van der Waals surface area (Å²) < 4.78 is 5.71. The van der Waals surface area contributed by atoms with Crippen molar-refractivity contribution >= 4 is 17.4 Å². The van der Waals surface area contributed by atoms with Crippen molar-refractivity contribution in [1.82, 2.24) is 0 Å². The van der Waals surface area contributed by atoms with Crippen molar-refractivity contribution < 1.29 is 14.3 Å². The number of anilines is 1. The number of aryl methyl sites for hydroxylation is 2. The lowest BCUT2D eigenvalue weighted by molar-refractivity contribution is 0.0280. The molecule has 29 heavy (non-hydrogen) atoms. The van der Waals surface area contributed by atoms with Crippen LogP contribution in [-0.4, -0.2) is 25.8 Å². The maximum atomic E-state index is 13.2. The van der Waals surface area contributed by atoms with Crippen molar-refractivity contribution in [1.29, 1.82) is 0 Å². The van der Waals surface area contributed by atoms with Crippen LogP contribution in [0.5, 0.6) is 0 Å². The van der Waals surface area contributed by atoms with Gasteiger partial charge in [0.25, 0.3) is 0 Å². The smallest absolute Gasteiger partial charge is 0.339 e. The molecule has 4 heteroatoms. The molecule has 0 saturated carbocycles. The molecule has 0 aliphatic carbocycles. The Morgan fingerprint density at radius 1 is 0.793 bits per heavy atom. The minimum absolute atomic E-state index is 0.238. The maximum absolute atomic E-state index is 13.2. The van der Waals surface area contributed by atoms with Gasteiger partial charge in [-0.15, -0.1) is 0 Å². The largest absolute Gasteiger partial charge is 0.445 e. The van der Waals surface area contributed by atoms with Crippen molar-refractivity contribution in [2.24, 2.45) is 0 Å². The van der Waals surface area contributed by atoms with Gasteiger partial charge in [0.05, 0.1) is 5.56 Å². The van der Waals surface area contributed by atoms with Crippen LogP contribution in [0.3, 0.4) is 0 Å². The molecule has 3 rings (SSSR count). The van der Waals surface area contributed by atoms with Gasteiger partial charge in [0.1, 0.15) is 0 Å². The molecule has 0 amide bonds. The Balaban J connectivity index is 1.90. The molecule has 0 aliphatic heterocycles. The average molecular weight is 387 g/mol. The molecule has 0 radical (unpaired) electrons. The highest BCUT2D eigenvalue weighted by atomic mass is 16.5. The van der Waals surface area contributed by atoms with E-state index in [9.17, 15) is 9.59 Å². The molecule has 4 nitrogen and oxygen atoms in total. The molecular formula is C25H25NO3. The number of nitrogens with zero attached hydrogens (tertiary/aromatic N) is 1. The van der Waals surface area contributed by atoms with E-state index in [1.165, 1.54) is 0 Å². The first-order chi connectivity index (χ1) is 13.9. The molecule has 148 valence electrons. The van der Waals surface area contributed by atoms with Gasteiger partial charge >= 0.3 is 5.97 Å². The van der Waals surface area contributed by atoms with E-state index in [-0.39, 0.29) is 5.78 Å². The van der Waals surface area contributed by atoms with Gasteiger partial charge in [-0.25, -0.2) is 4.79 Å². The number of carbonyl (C=O) groups is 2. The fraction of sp³-hybridized carbons (Fsp3) is 0.200. The summed E-state index contributed by atoms with van der Waals surface area (Å²) in [6.45, 7) is 3.96. The Morgan fingerprint density at radius 2 is 1.41 bits per heavy atom. The fourth-order valence-corrected chi connectivity index (χ4v) is 3.02. The van der Waals surface area contributed by atoms with Crippen molar-refractivity contribution in [3.63, 3.8) is 0 Å². The van der Waals surface area contributed by atoms with E-state index in [4.69, 9.17) is 4.74 Å². The molecule has 0 spiro atoms. The lowest BCUT2D eigenvalue weighted by Crippen LogP contribution is -2.20. The molecule has 0 aromatic heterocycles. The van der Waals surface area contributed by atoms with E-state index in [0.717, 1.165) is 16.8 Å². The van der Waals surface area contributed by atoms with Crippen molar-refractivity contribution in [3.05, 3.63) is 101 Å². The lowest BCUT2D eigenvalue weighted by atomic mass is 9.97. The summed E-state index contributed by atoms with van der Waals surface area (Å²) in [5.74, 6) is -0.765. The van der Waals surface area contributed by atoms with Gasteiger partial charge in [0.15, 0.2) is 6.10 Å². The molecule has 0 fully saturated rings. The Morgan fingerprint density at radius 3 is 2.00 bits per heavy atom. The summed E-state index contributed by atoms with van der Waals surface area (Å²) >= 11 is 0. The van der Waals surface area contributed by atoms with Gasteiger partial charge in [-0.2, -0.15) is 0 Å². The Hall–Kier alpha value is -3.40. The van der Waals surface area contributed by atoms with E-state index in [2.05, 4.69) is 0 Å². The van der Waals surface area contributed by atoms with Crippen LogP contribution in [0.15, 0.2) is 72.8 Å². The van der Waals surface area contributed by atoms with Crippen LogP contribution in [0.1, 0.15) is 43.5 Å². The van der Waals surface area contributed by atoms with Gasteiger partial charge in [-0.1, -0.05) is 42.5 Å². The minimum atomic E-state index is -1.00. The monoisotopic (exact) mass is 387 g/mol. The molecule has 0 unspecified atom stereocenters. The third kappa shape index (κ3) is 4.72. The summed E-state index contributed by atoms with van der Waals surface area (Å²) in [6, 6.07) is 21.8. The van der Waals surface area contributed by atoms with Gasteiger partial charge in [-0.3, -0.25) is 4.79 Å². The first kappa shape index (κ1) is 20.3. The van der Waals surface area contributed by atoms with Crippen LogP contribution in [-0.2, 0) is 4.74 Å². The molecule has 3 aromatic rings. The Labute approximate surface area is 171 Å².